The average molecular weight is 401 g/mol. The second kappa shape index (κ2) is 9.87. The van der Waals surface area contributed by atoms with Gasteiger partial charge in [-0.05, 0) is 45.0 Å². The summed E-state index contributed by atoms with van der Waals surface area (Å²) >= 11 is 0. The molecule has 7 nitrogen and oxygen atoms in total. The minimum Gasteiger partial charge on any atom is -0.341 e. The van der Waals surface area contributed by atoms with E-state index in [2.05, 4.69) is 9.88 Å². The molecule has 1 heterocycles. The van der Waals surface area contributed by atoms with Crippen LogP contribution >= 0.6 is 0 Å². The Kier molecular flexibility index (Phi) is 7.25. The average Bonchev–Trinajstić information content (AvgIpc) is 2.71. The Balaban J connectivity index is 1.73. The van der Waals surface area contributed by atoms with Gasteiger partial charge in [0.1, 0.15) is 0 Å². The molecule has 1 aromatic carbocycles. The summed E-state index contributed by atoms with van der Waals surface area (Å²) in [6.45, 7) is 2.58. The fraction of sp³-hybridized carbons (Fsp3) is 0.591. The molecule has 1 N–H and O–H groups in total. The van der Waals surface area contributed by atoms with E-state index in [0.29, 0.717) is 23.4 Å². The number of nitrogens with zero attached hydrogens (tertiary/aromatic N) is 3. The molecule has 0 atom stereocenters. The van der Waals surface area contributed by atoms with Crippen molar-refractivity contribution in [1.29, 1.82) is 0 Å². The van der Waals surface area contributed by atoms with Crippen molar-refractivity contribution in [3.63, 3.8) is 0 Å². The summed E-state index contributed by atoms with van der Waals surface area (Å²) in [5.74, 6) is 0.645. The van der Waals surface area contributed by atoms with Crippen LogP contribution in [0.15, 0.2) is 33.9 Å². The lowest BCUT2D eigenvalue weighted by atomic mass is 9.89. The van der Waals surface area contributed by atoms with E-state index >= 15 is 0 Å². The normalized spacial score (nSPS) is 15.1. The number of fused-ring (bicyclic) bond motifs is 1. The molecule has 0 saturated heterocycles. The summed E-state index contributed by atoms with van der Waals surface area (Å²) in [5, 5.41) is 0.464. The molecule has 3 rings (SSSR count). The second-order valence-electron chi connectivity index (χ2n) is 8.33. The van der Waals surface area contributed by atoms with E-state index in [0.717, 1.165) is 13.1 Å². The predicted octanol–water partition coefficient (Wildman–Crippen LogP) is 2.05. The van der Waals surface area contributed by atoms with Crippen molar-refractivity contribution in [3.05, 3.63) is 45.1 Å². The molecule has 1 aromatic heterocycles. The molecule has 2 aromatic rings. The van der Waals surface area contributed by atoms with Crippen molar-refractivity contribution >= 4 is 16.8 Å². The first kappa shape index (κ1) is 21.3. The van der Waals surface area contributed by atoms with Crippen molar-refractivity contribution in [2.45, 2.75) is 45.1 Å². The van der Waals surface area contributed by atoms with Gasteiger partial charge in [0.15, 0.2) is 0 Å². The van der Waals surface area contributed by atoms with Crippen molar-refractivity contribution in [1.82, 2.24) is 19.4 Å². The highest BCUT2D eigenvalue weighted by Crippen LogP contribution is 2.24. The van der Waals surface area contributed by atoms with Crippen LogP contribution in [0.1, 0.15) is 38.5 Å². The second-order valence-corrected chi connectivity index (χ2v) is 8.33. The Morgan fingerprint density at radius 1 is 1.10 bits per heavy atom. The number of hydrogen-bond donors (Lipinski definition) is 1. The number of amides is 1. The Bertz CT molecular complexity index is 941. The lowest BCUT2D eigenvalue weighted by Gasteiger charge is -2.31. The first-order valence-electron chi connectivity index (χ1n) is 10.6. The minimum absolute atomic E-state index is 0.0691. The van der Waals surface area contributed by atoms with Gasteiger partial charge in [-0.3, -0.25) is 19.1 Å². The molecule has 1 amide bonds. The number of rotatable bonds is 8. The van der Waals surface area contributed by atoms with Gasteiger partial charge >= 0.3 is 5.69 Å². The molecule has 0 radical (unpaired) electrons. The summed E-state index contributed by atoms with van der Waals surface area (Å²) in [4.78, 5) is 43.8. The molecule has 1 aliphatic carbocycles. The molecule has 158 valence electrons. The van der Waals surface area contributed by atoms with Crippen LogP contribution in [0.25, 0.3) is 10.9 Å². The monoisotopic (exact) mass is 400 g/mol. The van der Waals surface area contributed by atoms with Crippen molar-refractivity contribution < 1.29 is 4.79 Å². The van der Waals surface area contributed by atoms with E-state index in [1.807, 2.05) is 19.0 Å². The summed E-state index contributed by atoms with van der Waals surface area (Å²) in [5.41, 5.74) is -0.284. The van der Waals surface area contributed by atoms with Gasteiger partial charge in [0, 0.05) is 32.6 Å². The van der Waals surface area contributed by atoms with Crippen molar-refractivity contribution in [2.75, 3.05) is 33.7 Å². The number of H-pyrrole nitrogens is 1. The van der Waals surface area contributed by atoms with Gasteiger partial charge < -0.3 is 9.80 Å². The summed E-state index contributed by atoms with van der Waals surface area (Å²) in [6, 6.07) is 7.01. The first-order valence-corrected chi connectivity index (χ1v) is 10.6. The maximum Gasteiger partial charge on any atom is 0.328 e. The van der Waals surface area contributed by atoms with E-state index in [-0.39, 0.29) is 18.9 Å². The molecule has 0 bridgehead atoms. The fourth-order valence-electron chi connectivity index (χ4n) is 4.15. The van der Waals surface area contributed by atoms with Crippen LogP contribution in [0.5, 0.6) is 0 Å². The molecule has 1 fully saturated rings. The Morgan fingerprint density at radius 2 is 1.83 bits per heavy atom. The third-order valence-electron chi connectivity index (χ3n) is 5.83. The zero-order chi connectivity index (χ0) is 20.8. The van der Waals surface area contributed by atoms with Crippen LogP contribution in [-0.4, -0.2) is 59.0 Å². The number of hydrogen-bond acceptors (Lipinski definition) is 4. The maximum atomic E-state index is 13.0. The number of carbonyl (C=O) groups is 1. The van der Waals surface area contributed by atoms with Crippen LogP contribution < -0.4 is 11.2 Å². The largest absolute Gasteiger partial charge is 0.341 e. The molecule has 1 saturated carbocycles. The Morgan fingerprint density at radius 3 is 2.55 bits per heavy atom. The standard InChI is InChI=1S/C22H32N4O3/c1-24(2)14-15-25(16-17-8-4-3-5-9-17)20(27)12-13-26-19-11-7-6-10-18(19)21(28)23-22(26)29/h6-7,10-11,17H,3-5,8-9,12-16H2,1-2H3,(H,23,28,29). The van der Waals surface area contributed by atoms with Crippen LogP contribution in [-0.2, 0) is 11.3 Å². The van der Waals surface area contributed by atoms with E-state index < -0.39 is 11.2 Å². The maximum absolute atomic E-state index is 13.0. The number of para-hydroxylation sites is 1. The summed E-state index contributed by atoms with van der Waals surface area (Å²) in [7, 11) is 4.02. The molecule has 0 unspecified atom stereocenters. The van der Waals surface area contributed by atoms with E-state index in [9.17, 15) is 14.4 Å². The number of aromatic nitrogens is 2. The molecular formula is C22H32N4O3. The third kappa shape index (κ3) is 5.56. The molecule has 0 aliphatic heterocycles. The minimum atomic E-state index is -0.464. The van der Waals surface area contributed by atoms with Crippen LogP contribution in [0.2, 0.25) is 0 Å². The molecule has 1 aliphatic rings. The van der Waals surface area contributed by atoms with Gasteiger partial charge in [-0.25, -0.2) is 4.79 Å². The van der Waals surface area contributed by atoms with E-state index in [1.54, 1.807) is 24.3 Å². The van der Waals surface area contributed by atoms with Crippen molar-refractivity contribution in [2.24, 2.45) is 5.92 Å². The van der Waals surface area contributed by atoms with Crippen LogP contribution in [0.3, 0.4) is 0 Å². The van der Waals surface area contributed by atoms with E-state index in [1.165, 1.54) is 36.7 Å². The number of aryl methyl sites for hydroxylation is 1. The zero-order valence-electron chi connectivity index (χ0n) is 17.5. The van der Waals surface area contributed by atoms with Gasteiger partial charge in [-0.1, -0.05) is 31.4 Å². The number of nitrogens with one attached hydrogen (secondary N) is 1. The van der Waals surface area contributed by atoms with Crippen LogP contribution in [0.4, 0.5) is 0 Å². The van der Waals surface area contributed by atoms with Gasteiger partial charge in [0.25, 0.3) is 5.56 Å². The van der Waals surface area contributed by atoms with Crippen LogP contribution in [0, 0.1) is 5.92 Å². The zero-order valence-corrected chi connectivity index (χ0v) is 17.5. The SMILES string of the molecule is CN(C)CCN(CC1CCCCC1)C(=O)CCn1c(=O)[nH]c(=O)c2ccccc21. The third-order valence-corrected chi connectivity index (χ3v) is 5.83. The summed E-state index contributed by atoms with van der Waals surface area (Å²) < 4.78 is 1.50. The highest BCUT2D eigenvalue weighted by Gasteiger charge is 2.21. The van der Waals surface area contributed by atoms with E-state index in [4.69, 9.17) is 0 Å². The Labute approximate surface area is 171 Å². The Hall–Kier alpha value is -2.41. The molecule has 29 heavy (non-hydrogen) atoms. The molecular weight excluding hydrogens is 368 g/mol. The molecule has 7 heteroatoms. The number of benzene rings is 1. The highest BCUT2D eigenvalue weighted by molar-refractivity contribution is 5.79. The number of carbonyl (C=O) groups excluding carboxylic acids is 1. The van der Waals surface area contributed by atoms with Gasteiger partial charge in [-0.2, -0.15) is 0 Å². The van der Waals surface area contributed by atoms with Gasteiger partial charge in [-0.15, -0.1) is 0 Å². The quantitative estimate of drug-likeness (QED) is 0.736. The first-order chi connectivity index (χ1) is 14.0. The topological polar surface area (TPSA) is 78.4 Å². The fourth-order valence-corrected chi connectivity index (χ4v) is 4.15. The number of aromatic amines is 1. The highest BCUT2D eigenvalue weighted by atomic mass is 16.2. The van der Waals surface area contributed by atoms with Gasteiger partial charge in [0.05, 0.1) is 10.9 Å². The predicted molar refractivity (Wildman–Crippen MR) is 115 cm³/mol. The lowest BCUT2D eigenvalue weighted by molar-refractivity contribution is -0.132. The summed E-state index contributed by atoms with van der Waals surface area (Å²) in [6.07, 6.45) is 6.42. The number of likely N-dealkylation sites (N-methyl/N-ethyl adjacent to an activating group) is 1. The molecule has 0 spiro atoms. The van der Waals surface area contributed by atoms with Gasteiger partial charge in [0.2, 0.25) is 5.91 Å². The van der Waals surface area contributed by atoms with Crippen molar-refractivity contribution in [3.8, 4) is 0 Å². The lowest BCUT2D eigenvalue weighted by Crippen LogP contribution is -2.41. The smallest absolute Gasteiger partial charge is 0.328 e.